The lowest BCUT2D eigenvalue weighted by molar-refractivity contribution is 0.102. The van der Waals surface area contributed by atoms with Gasteiger partial charge in [0.25, 0.3) is 5.91 Å². The van der Waals surface area contributed by atoms with E-state index >= 15 is 0 Å². The molecular weight excluding hydrogens is 364 g/mol. The van der Waals surface area contributed by atoms with Crippen molar-refractivity contribution in [3.8, 4) is 5.82 Å². The summed E-state index contributed by atoms with van der Waals surface area (Å²) < 4.78 is 3.58. The van der Waals surface area contributed by atoms with Crippen LogP contribution in [0.3, 0.4) is 0 Å². The lowest BCUT2D eigenvalue weighted by Gasteiger charge is -2.18. The molecule has 0 spiro atoms. The summed E-state index contributed by atoms with van der Waals surface area (Å²) in [4.78, 5) is 21.4. The van der Waals surface area contributed by atoms with Crippen molar-refractivity contribution in [2.75, 3.05) is 5.32 Å². The van der Waals surface area contributed by atoms with Gasteiger partial charge in [0.05, 0.1) is 11.9 Å². The first-order chi connectivity index (χ1) is 13.7. The van der Waals surface area contributed by atoms with Gasteiger partial charge in [-0.05, 0) is 49.1 Å². The highest BCUT2D eigenvalue weighted by atomic mass is 16.1. The number of benzene rings is 1. The molecule has 1 aromatic carbocycles. The highest BCUT2D eigenvalue weighted by molar-refractivity contribution is 6.03. The van der Waals surface area contributed by atoms with E-state index in [1.165, 1.54) is 5.56 Å². The lowest BCUT2D eigenvalue weighted by Crippen LogP contribution is -2.14. The summed E-state index contributed by atoms with van der Waals surface area (Å²) in [7, 11) is 0. The van der Waals surface area contributed by atoms with Gasteiger partial charge in [-0.3, -0.25) is 9.36 Å². The summed E-state index contributed by atoms with van der Waals surface area (Å²) in [5, 5.41) is 7.44. The Hall–Kier alpha value is -3.48. The molecule has 1 amide bonds. The van der Waals surface area contributed by atoms with Crippen LogP contribution in [0, 0.1) is 13.8 Å². The van der Waals surface area contributed by atoms with Crippen LogP contribution in [-0.4, -0.2) is 30.1 Å². The summed E-state index contributed by atoms with van der Waals surface area (Å²) in [5.41, 5.74) is 3.41. The zero-order valence-corrected chi connectivity index (χ0v) is 17.3. The van der Waals surface area contributed by atoms with Crippen molar-refractivity contribution in [2.24, 2.45) is 0 Å². The number of rotatable bonds is 3. The molecule has 29 heavy (non-hydrogen) atoms. The molecule has 0 unspecified atom stereocenters. The average Bonchev–Trinajstić information content (AvgIpc) is 3.21. The minimum absolute atomic E-state index is 0.0477. The third-order valence-electron chi connectivity index (χ3n) is 4.81. The van der Waals surface area contributed by atoms with E-state index in [0.717, 1.165) is 17.3 Å². The predicted octanol–water partition coefficient (Wildman–Crippen LogP) is 4.08. The van der Waals surface area contributed by atoms with Crippen LogP contribution in [0.4, 0.5) is 5.82 Å². The van der Waals surface area contributed by atoms with Crippen LogP contribution < -0.4 is 5.32 Å². The van der Waals surface area contributed by atoms with E-state index in [4.69, 9.17) is 0 Å². The number of amides is 1. The number of carbonyl (C=O) groups is 1. The second-order valence-electron chi connectivity index (χ2n) is 8.20. The molecule has 148 valence electrons. The fourth-order valence-electron chi connectivity index (χ4n) is 3.22. The van der Waals surface area contributed by atoms with Gasteiger partial charge in [0.2, 0.25) is 0 Å². The maximum Gasteiger partial charge on any atom is 0.256 e. The van der Waals surface area contributed by atoms with Crippen LogP contribution >= 0.6 is 0 Å². The minimum Gasteiger partial charge on any atom is -0.305 e. The molecular formula is C22H24N6O. The summed E-state index contributed by atoms with van der Waals surface area (Å²) in [6, 6.07) is 11.4. The van der Waals surface area contributed by atoms with Gasteiger partial charge >= 0.3 is 0 Å². The highest BCUT2D eigenvalue weighted by Crippen LogP contribution is 2.22. The Balaban J connectivity index is 1.57. The van der Waals surface area contributed by atoms with Gasteiger partial charge in [0.1, 0.15) is 5.82 Å². The first-order valence-electron chi connectivity index (χ1n) is 9.52. The highest BCUT2D eigenvalue weighted by Gasteiger charge is 2.15. The first kappa shape index (κ1) is 18.9. The number of fused-ring (bicyclic) bond motifs is 1. The summed E-state index contributed by atoms with van der Waals surface area (Å²) in [6.07, 6.45) is 3.64. The molecule has 0 radical (unpaired) electrons. The largest absolute Gasteiger partial charge is 0.305 e. The van der Waals surface area contributed by atoms with Crippen molar-refractivity contribution in [3.63, 3.8) is 0 Å². The molecule has 0 saturated carbocycles. The third-order valence-corrected chi connectivity index (χ3v) is 4.81. The van der Waals surface area contributed by atoms with E-state index in [1.807, 2.05) is 61.0 Å². The Kier molecular flexibility index (Phi) is 4.45. The molecule has 0 aliphatic carbocycles. The second kappa shape index (κ2) is 6.84. The maximum atomic E-state index is 12.6. The van der Waals surface area contributed by atoms with Crippen LogP contribution in [0.1, 0.15) is 48.2 Å². The smallest absolute Gasteiger partial charge is 0.256 e. The van der Waals surface area contributed by atoms with Gasteiger partial charge in [-0.15, -0.1) is 5.10 Å². The number of nitrogens with one attached hydrogen (secondary N) is 1. The molecule has 0 atom stereocenters. The predicted molar refractivity (Wildman–Crippen MR) is 113 cm³/mol. The Morgan fingerprint density at radius 1 is 0.966 bits per heavy atom. The standard InChI is InChI=1S/C22H24N6O/c1-14-12-27(15(2)23-14)20-11-10-19-24-18(13-28(19)26-20)25-21(29)16-6-8-17(9-7-16)22(3,4)5/h6-13H,1-5H3,(H,25,29). The van der Waals surface area contributed by atoms with Gasteiger partial charge < -0.3 is 5.32 Å². The van der Waals surface area contributed by atoms with E-state index in [9.17, 15) is 4.79 Å². The number of hydrogen-bond acceptors (Lipinski definition) is 4. The third kappa shape index (κ3) is 3.76. The van der Waals surface area contributed by atoms with Crippen molar-refractivity contribution in [2.45, 2.75) is 40.0 Å². The molecule has 1 N–H and O–H groups in total. The van der Waals surface area contributed by atoms with Gasteiger partial charge in [0.15, 0.2) is 17.3 Å². The van der Waals surface area contributed by atoms with E-state index in [0.29, 0.717) is 17.0 Å². The molecule has 3 heterocycles. The van der Waals surface area contributed by atoms with Crippen LogP contribution in [0.2, 0.25) is 0 Å². The minimum atomic E-state index is -0.199. The SMILES string of the molecule is Cc1cn(-c2ccc3nc(NC(=O)c4ccc(C(C)(C)C)cc4)cn3n2)c(C)n1. The van der Waals surface area contributed by atoms with E-state index in [1.54, 1.807) is 10.7 Å². The Labute approximate surface area is 169 Å². The van der Waals surface area contributed by atoms with Gasteiger partial charge in [-0.2, -0.15) is 0 Å². The molecule has 4 rings (SSSR count). The Morgan fingerprint density at radius 3 is 2.31 bits per heavy atom. The molecule has 0 bridgehead atoms. The molecule has 3 aromatic heterocycles. The van der Waals surface area contributed by atoms with Crippen molar-refractivity contribution in [1.29, 1.82) is 0 Å². The molecule has 0 aliphatic rings. The van der Waals surface area contributed by atoms with Crippen LogP contribution in [0.25, 0.3) is 11.5 Å². The number of aryl methyl sites for hydroxylation is 2. The number of hydrogen-bond donors (Lipinski definition) is 1. The lowest BCUT2D eigenvalue weighted by atomic mass is 9.87. The van der Waals surface area contributed by atoms with E-state index in [2.05, 4.69) is 41.2 Å². The summed E-state index contributed by atoms with van der Waals surface area (Å²) in [5.74, 6) is 1.86. The molecule has 0 aliphatic heterocycles. The molecule has 0 saturated heterocycles. The zero-order valence-electron chi connectivity index (χ0n) is 17.3. The number of nitrogens with zero attached hydrogens (tertiary/aromatic N) is 5. The maximum absolute atomic E-state index is 12.6. The van der Waals surface area contributed by atoms with E-state index in [-0.39, 0.29) is 11.3 Å². The number of imidazole rings is 2. The molecule has 7 heteroatoms. The molecule has 0 fully saturated rings. The van der Waals surface area contributed by atoms with Crippen molar-refractivity contribution < 1.29 is 4.79 Å². The molecule has 7 nitrogen and oxygen atoms in total. The first-order valence-corrected chi connectivity index (χ1v) is 9.52. The van der Waals surface area contributed by atoms with E-state index < -0.39 is 0 Å². The normalized spacial score (nSPS) is 11.8. The monoisotopic (exact) mass is 388 g/mol. The van der Waals surface area contributed by atoms with Crippen LogP contribution in [0.5, 0.6) is 0 Å². The van der Waals surface area contributed by atoms with Crippen molar-refractivity contribution in [1.82, 2.24) is 24.1 Å². The quantitative estimate of drug-likeness (QED) is 0.574. The number of anilines is 1. The van der Waals surface area contributed by atoms with Crippen molar-refractivity contribution >= 4 is 17.4 Å². The summed E-state index contributed by atoms with van der Waals surface area (Å²) in [6.45, 7) is 10.3. The van der Waals surface area contributed by atoms with Crippen LogP contribution in [0.15, 0.2) is 48.8 Å². The Morgan fingerprint density at radius 2 is 1.69 bits per heavy atom. The fourth-order valence-corrected chi connectivity index (χ4v) is 3.22. The Bertz CT molecular complexity index is 1190. The van der Waals surface area contributed by atoms with Crippen LogP contribution in [-0.2, 0) is 5.41 Å². The van der Waals surface area contributed by atoms with Gasteiger partial charge in [-0.1, -0.05) is 32.9 Å². The molecule has 4 aromatic rings. The van der Waals surface area contributed by atoms with Crippen molar-refractivity contribution in [3.05, 3.63) is 71.4 Å². The van der Waals surface area contributed by atoms with Gasteiger partial charge in [-0.25, -0.2) is 14.5 Å². The van der Waals surface area contributed by atoms with Gasteiger partial charge in [0, 0.05) is 11.8 Å². The average molecular weight is 388 g/mol. The summed E-state index contributed by atoms with van der Waals surface area (Å²) >= 11 is 0. The fraction of sp³-hybridized carbons (Fsp3) is 0.273. The number of aromatic nitrogens is 5. The number of carbonyl (C=O) groups excluding carboxylic acids is 1. The zero-order chi connectivity index (χ0) is 20.8. The topological polar surface area (TPSA) is 77.1 Å². The second-order valence-corrected chi connectivity index (χ2v) is 8.20.